The second-order valence-corrected chi connectivity index (χ2v) is 4.40. The Morgan fingerprint density at radius 2 is 2.21 bits per heavy atom. The maximum Gasteiger partial charge on any atom is 0.121 e. The molecule has 4 heteroatoms. The maximum absolute atomic E-state index is 5.62. The third-order valence-electron chi connectivity index (χ3n) is 2.92. The van der Waals surface area contributed by atoms with E-state index >= 15 is 0 Å². The Hall–Kier alpha value is -1.97. The van der Waals surface area contributed by atoms with Crippen LogP contribution in [0.4, 0.5) is 5.69 Å². The number of hydrogen-bond acceptors (Lipinski definition) is 3. The van der Waals surface area contributed by atoms with Gasteiger partial charge in [0.15, 0.2) is 0 Å². The van der Waals surface area contributed by atoms with Crippen molar-refractivity contribution >= 4 is 5.69 Å². The van der Waals surface area contributed by atoms with E-state index in [1.165, 1.54) is 5.69 Å². The van der Waals surface area contributed by atoms with Gasteiger partial charge in [-0.3, -0.25) is 0 Å². The lowest BCUT2D eigenvalue weighted by Gasteiger charge is -2.10. The fourth-order valence-corrected chi connectivity index (χ4v) is 1.89. The molecule has 1 N–H and O–H groups in total. The van der Waals surface area contributed by atoms with E-state index in [9.17, 15) is 0 Å². The Labute approximate surface area is 114 Å². The highest BCUT2D eigenvalue weighted by molar-refractivity contribution is 5.48. The van der Waals surface area contributed by atoms with Gasteiger partial charge in [-0.15, -0.1) is 0 Å². The highest BCUT2D eigenvalue weighted by Crippen LogP contribution is 2.18. The van der Waals surface area contributed by atoms with E-state index in [4.69, 9.17) is 4.74 Å². The highest BCUT2D eigenvalue weighted by atomic mass is 16.5. The van der Waals surface area contributed by atoms with Crippen LogP contribution in [0.3, 0.4) is 0 Å². The number of nitrogens with one attached hydrogen (secondary N) is 1. The first kappa shape index (κ1) is 13.5. The Kier molecular flexibility index (Phi) is 4.84. The molecule has 2 aromatic rings. The van der Waals surface area contributed by atoms with Crippen molar-refractivity contribution in [3.63, 3.8) is 0 Å². The van der Waals surface area contributed by atoms with Crippen LogP contribution in [0.2, 0.25) is 0 Å². The van der Waals surface area contributed by atoms with Crippen LogP contribution < -0.4 is 10.1 Å². The van der Waals surface area contributed by atoms with Gasteiger partial charge >= 0.3 is 0 Å². The van der Waals surface area contributed by atoms with Crippen molar-refractivity contribution in [3.8, 4) is 5.75 Å². The molecule has 102 valence electrons. The summed E-state index contributed by atoms with van der Waals surface area (Å²) in [6.45, 7) is 6.69. The summed E-state index contributed by atoms with van der Waals surface area (Å²) in [5.41, 5.74) is 2.25. The van der Waals surface area contributed by atoms with E-state index in [1.807, 2.05) is 36.8 Å². The summed E-state index contributed by atoms with van der Waals surface area (Å²) in [5, 5.41) is 3.40. The van der Waals surface area contributed by atoms with E-state index in [1.54, 1.807) is 0 Å². The molecule has 0 bridgehead atoms. The van der Waals surface area contributed by atoms with Crippen LogP contribution in [0.5, 0.6) is 5.75 Å². The van der Waals surface area contributed by atoms with E-state index < -0.39 is 0 Å². The zero-order valence-electron chi connectivity index (χ0n) is 11.6. The number of hydrogen-bond donors (Lipinski definition) is 1. The smallest absolute Gasteiger partial charge is 0.121 e. The number of nitrogens with zero attached hydrogens (tertiary/aromatic N) is 2. The number of rotatable bonds is 7. The van der Waals surface area contributed by atoms with Gasteiger partial charge in [0.2, 0.25) is 0 Å². The molecule has 4 nitrogen and oxygen atoms in total. The molecule has 2 rings (SSSR count). The average Bonchev–Trinajstić information content (AvgIpc) is 2.91. The fraction of sp³-hybridized carbons (Fsp3) is 0.400. The molecule has 19 heavy (non-hydrogen) atoms. The lowest BCUT2D eigenvalue weighted by molar-refractivity contribution is 0.317. The largest absolute Gasteiger partial charge is 0.494 e. The summed E-state index contributed by atoms with van der Waals surface area (Å²) < 4.78 is 7.75. The number of ether oxygens (including phenoxy) is 1. The van der Waals surface area contributed by atoms with Crippen LogP contribution in [0.25, 0.3) is 0 Å². The highest BCUT2D eigenvalue weighted by Gasteiger charge is 2.01. The zero-order valence-corrected chi connectivity index (χ0v) is 11.6. The Bertz CT molecular complexity index is 508. The second kappa shape index (κ2) is 6.83. The molecule has 1 aromatic carbocycles. The van der Waals surface area contributed by atoms with Crippen LogP contribution in [-0.2, 0) is 13.1 Å². The second-order valence-electron chi connectivity index (χ2n) is 4.40. The SMILES string of the molecule is CCCOc1cccc(NCc2cncn2CC)c1. The molecule has 0 aliphatic heterocycles. The molecule has 1 heterocycles. The van der Waals surface area contributed by atoms with Crippen LogP contribution in [0.15, 0.2) is 36.8 Å². The van der Waals surface area contributed by atoms with E-state index in [0.717, 1.165) is 37.6 Å². The molecule has 0 saturated carbocycles. The molecular weight excluding hydrogens is 238 g/mol. The van der Waals surface area contributed by atoms with Crippen molar-refractivity contribution in [2.24, 2.45) is 0 Å². The van der Waals surface area contributed by atoms with Crippen molar-refractivity contribution in [1.29, 1.82) is 0 Å². The van der Waals surface area contributed by atoms with Crippen molar-refractivity contribution in [2.75, 3.05) is 11.9 Å². The van der Waals surface area contributed by atoms with Crippen LogP contribution in [0, 0.1) is 0 Å². The monoisotopic (exact) mass is 259 g/mol. The molecular formula is C15H21N3O. The van der Waals surface area contributed by atoms with Gasteiger partial charge in [-0.05, 0) is 25.5 Å². The number of anilines is 1. The standard InChI is InChI=1S/C15H21N3O/c1-3-8-19-15-7-5-6-13(9-15)17-11-14-10-16-12-18(14)4-2/h5-7,9-10,12,17H,3-4,8,11H2,1-2H3. The third kappa shape index (κ3) is 3.74. The molecule has 0 aliphatic carbocycles. The molecule has 0 radical (unpaired) electrons. The number of benzene rings is 1. The molecule has 0 fully saturated rings. The summed E-state index contributed by atoms with van der Waals surface area (Å²) in [6.07, 6.45) is 4.78. The van der Waals surface area contributed by atoms with Crippen molar-refractivity contribution in [1.82, 2.24) is 9.55 Å². The summed E-state index contributed by atoms with van der Waals surface area (Å²) in [5.74, 6) is 0.913. The summed E-state index contributed by atoms with van der Waals surface area (Å²) >= 11 is 0. The first-order valence-corrected chi connectivity index (χ1v) is 6.79. The number of imidazole rings is 1. The van der Waals surface area contributed by atoms with Gasteiger partial charge in [0.1, 0.15) is 5.75 Å². The van der Waals surface area contributed by atoms with E-state index in [0.29, 0.717) is 0 Å². The van der Waals surface area contributed by atoms with Gasteiger partial charge in [0.25, 0.3) is 0 Å². The molecule has 0 atom stereocenters. The molecule has 1 aromatic heterocycles. The third-order valence-corrected chi connectivity index (χ3v) is 2.92. The van der Waals surface area contributed by atoms with Crippen LogP contribution >= 0.6 is 0 Å². The minimum atomic E-state index is 0.756. The molecule has 0 unspecified atom stereocenters. The molecule has 0 amide bonds. The number of aryl methyl sites for hydroxylation is 1. The number of aromatic nitrogens is 2. The van der Waals surface area contributed by atoms with Crippen molar-refractivity contribution in [3.05, 3.63) is 42.5 Å². The van der Waals surface area contributed by atoms with Crippen molar-refractivity contribution in [2.45, 2.75) is 33.4 Å². The Balaban J connectivity index is 1.95. The maximum atomic E-state index is 5.62. The Morgan fingerprint density at radius 3 is 3.00 bits per heavy atom. The quantitative estimate of drug-likeness (QED) is 0.829. The first-order valence-electron chi connectivity index (χ1n) is 6.79. The predicted octanol–water partition coefficient (Wildman–Crippen LogP) is 3.30. The molecule has 0 aliphatic rings. The Morgan fingerprint density at radius 1 is 1.32 bits per heavy atom. The van der Waals surface area contributed by atoms with Gasteiger partial charge in [-0.1, -0.05) is 13.0 Å². The van der Waals surface area contributed by atoms with Gasteiger partial charge in [0, 0.05) is 24.5 Å². The minimum absolute atomic E-state index is 0.756. The summed E-state index contributed by atoms with van der Waals surface area (Å²) in [7, 11) is 0. The summed E-state index contributed by atoms with van der Waals surface area (Å²) in [6, 6.07) is 8.06. The fourth-order valence-electron chi connectivity index (χ4n) is 1.89. The summed E-state index contributed by atoms with van der Waals surface area (Å²) in [4.78, 5) is 4.16. The van der Waals surface area contributed by atoms with E-state index in [2.05, 4.69) is 28.7 Å². The van der Waals surface area contributed by atoms with E-state index in [-0.39, 0.29) is 0 Å². The first-order chi connectivity index (χ1) is 9.33. The minimum Gasteiger partial charge on any atom is -0.494 e. The average molecular weight is 259 g/mol. The van der Waals surface area contributed by atoms with Gasteiger partial charge in [0.05, 0.1) is 25.2 Å². The zero-order chi connectivity index (χ0) is 13.5. The lowest BCUT2D eigenvalue weighted by Crippen LogP contribution is -2.06. The predicted molar refractivity (Wildman–Crippen MR) is 77.5 cm³/mol. The normalized spacial score (nSPS) is 10.4. The van der Waals surface area contributed by atoms with Gasteiger partial charge < -0.3 is 14.6 Å². The lowest BCUT2D eigenvalue weighted by atomic mass is 10.3. The van der Waals surface area contributed by atoms with Crippen molar-refractivity contribution < 1.29 is 4.74 Å². The van der Waals surface area contributed by atoms with Gasteiger partial charge in [-0.25, -0.2) is 4.98 Å². The molecule has 0 spiro atoms. The topological polar surface area (TPSA) is 39.1 Å². The van der Waals surface area contributed by atoms with Crippen LogP contribution in [0.1, 0.15) is 26.0 Å². The van der Waals surface area contributed by atoms with Gasteiger partial charge in [-0.2, -0.15) is 0 Å². The molecule has 0 saturated heterocycles. The van der Waals surface area contributed by atoms with Crippen LogP contribution in [-0.4, -0.2) is 16.2 Å².